The van der Waals surface area contributed by atoms with Gasteiger partial charge in [0.25, 0.3) is 0 Å². The summed E-state index contributed by atoms with van der Waals surface area (Å²) < 4.78 is 52.6. The average molecular weight is 579 g/mol. The molecule has 0 radical (unpaired) electrons. The molecule has 2 aliphatic carbocycles. The lowest BCUT2D eigenvalue weighted by Gasteiger charge is -2.32. The maximum absolute atomic E-state index is 12.9. The van der Waals surface area contributed by atoms with Gasteiger partial charge in [0.05, 0.1) is 11.7 Å². The Labute approximate surface area is 237 Å². The number of aliphatic hydroxyl groups excluding tert-OH is 1. The molecule has 1 fully saturated rings. The first-order chi connectivity index (χ1) is 19.5. The number of alkyl halides is 3. The van der Waals surface area contributed by atoms with Gasteiger partial charge in [0.1, 0.15) is 17.6 Å². The van der Waals surface area contributed by atoms with E-state index in [0.29, 0.717) is 37.9 Å². The van der Waals surface area contributed by atoms with E-state index in [2.05, 4.69) is 11.7 Å². The molecule has 4 rings (SSSR count). The van der Waals surface area contributed by atoms with Gasteiger partial charge in [-0.15, -0.1) is 13.2 Å². The standard InChI is InChI=1S/C31H37F3O7/c1-2-3-4-7-22(40-30(38)19-9-11-23(12-10-19)41-31(32,33)34)13-14-24-25-15-20-6-5-8-28(39-18-29(36)37)26(20)16-21(25)17-27(24)35/h5-6,8-12,21-22,24-25,27,35H,2-4,7,13-18H2,1H3,(H,36,37)/t21-,22-,24+,25-,27+/m0/s1. The van der Waals surface area contributed by atoms with E-state index in [1.165, 1.54) is 12.1 Å². The predicted octanol–water partition coefficient (Wildman–Crippen LogP) is 6.35. The number of fused-ring (bicyclic) bond motifs is 2. The summed E-state index contributed by atoms with van der Waals surface area (Å²) >= 11 is 0. The summed E-state index contributed by atoms with van der Waals surface area (Å²) in [7, 11) is 0. The van der Waals surface area contributed by atoms with Gasteiger partial charge in [0, 0.05) is 0 Å². The van der Waals surface area contributed by atoms with Crippen LogP contribution in [0.1, 0.15) is 73.4 Å². The molecule has 0 aliphatic heterocycles. The normalized spacial score (nSPS) is 22.4. The summed E-state index contributed by atoms with van der Waals surface area (Å²) in [4.78, 5) is 23.8. The Balaban J connectivity index is 1.40. The number of rotatable bonds is 13. The predicted molar refractivity (Wildman–Crippen MR) is 144 cm³/mol. The van der Waals surface area contributed by atoms with Crippen molar-refractivity contribution in [2.75, 3.05) is 6.61 Å². The van der Waals surface area contributed by atoms with E-state index in [1.807, 2.05) is 12.1 Å². The first-order valence-corrected chi connectivity index (χ1v) is 14.2. The number of aliphatic carboxylic acids is 1. The highest BCUT2D eigenvalue weighted by molar-refractivity contribution is 5.89. The quantitative estimate of drug-likeness (QED) is 0.211. The van der Waals surface area contributed by atoms with E-state index in [9.17, 15) is 27.9 Å². The van der Waals surface area contributed by atoms with Crippen LogP contribution < -0.4 is 9.47 Å². The molecule has 0 bridgehead atoms. The van der Waals surface area contributed by atoms with Crippen LogP contribution in [0.2, 0.25) is 0 Å². The van der Waals surface area contributed by atoms with E-state index >= 15 is 0 Å². The van der Waals surface area contributed by atoms with E-state index in [0.717, 1.165) is 48.9 Å². The maximum Gasteiger partial charge on any atom is 0.573 e. The molecule has 0 saturated heterocycles. The molecule has 2 aromatic carbocycles. The molecule has 41 heavy (non-hydrogen) atoms. The fourth-order valence-corrected chi connectivity index (χ4v) is 6.35. The Morgan fingerprint density at radius 3 is 2.49 bits per heavy atom. The first-order valence-electron chi connectivity index (χ1n) is 14.2. The van der Waals surface area contributed by atoms with Crippen molar-refractivity contribution in [1.29, 1.82) is 0 Å². The molecule has 2 aliphatic rings. The minimum atomic E-state index is -4.81. The average Bonchev–Trinajstić information content (AvgIpc) is 3.22. The molecule has 7 nitrogen and oxygen atoms in total. The van der Waals surface area contributed by atoms with Crippen molar-refractivity contribution < 1.29 is 47.2 Å². The molecule has 0 amide bonds. The van der Waals surface area contributed by atoms with Gasteiger partial charge in [-0.1, -0.05) is 31.9 Å². The lowest BCUT2D eigenvalue weighted by atomic mass is 9.73. The third kappa shape index (κ3) is 8.38. The third-order valence-corrected chi connectivity index (χ3v) is 8.25. The van der Waals surface area contributed by atoms with Crippen LogP contribution in [0.15, 0.2) is 42.5 Å². The Hall–Kier alpha value is -3.27. The number of esters is 1. The molecule has 0 heterocycles. The summed E-state index contributed by atoms with van der Waals surface area (Å²) in [5.74, 6) is -0.932. The fourth-order valence-electron chi connectivity index (χ4n) is 6.35. The van der Waals surface area contributed by atoms with E-state index in [4.69, 9.17) is 14.6 Å². The fraction of sp³-hybridized carbons (Fsp3) is 0.548. The van der Waals surface area contributed by atoms with Gasteiger partial charge in [-0.3, -0.25) is 0 Å². The summed E-state index contributed by atoms with van der Waals surface area (Å²) in [6, 6.07) is 10.4. The summed E-state index contributed by atoms with van der Waals surface area (Å²) in [6.45, 7) is 1.68. The zero-order chi connectivity index (χ0) is 29.6. The van der Waals surface area contributed by atoms with Gasteiger partial charge in [-0.2, -0.15) is 0 Å². The van der Waals surface area contributed by atoms with Crippen LogP contribution in [-0.2, 0) is 22.4 Å². The van der Waals surface area contributed by atoms with Gasteiger partial charge in [0.15, 0.2) is 6.61 Å². The van der Waals surface area contributed by atoms with E-state index in [1.54, 1.807) is 6.07 Å². The van der Waals surface area contributed by atoms with Crippen molar-refractivity contribution in [3.63, 3.8) is 0 Å². The highest BCUT2D eigenvalue weighted by atomic mass is 19.4. The zero-order valence-electron chi connectivity index (χ0n) is 23.1. The van der Waals surface area contributed by atoms with Crippen LogP contribution in [0.5, 0.6) is 11.5 Å². The highest BCUT2D eigenvalue weighted by Gasteiger charge is 2.45. The van der Waals surface area contributed by atoms with Gasteiger partial charge in [-0.25, -0.2) is 9.59 Å². The summed E-state index contributed by atoms with van der Waals surface area (Å²) in [5, 5.41) is 20.0. The van der Waals surface area contributed by atoms with Crippen LogP contribution >= 0.6 is 0 Å². The number of aliphatic hydroxyl groups is 1. The second-order valence-corrected chi connectivity index (χ2v) is 11.0. The molecule has 0 unspecified atom stereocenters. The molecule has 0 spiro atoms. The van der Waals surface area contributed by atoms with Gasteiger partial charge < -0.3 is 24.4 Å². The number of carbonyl (C=O) groups excluding carboxylic acids is 1. The molecule has 2 aromatic rings. The van der Waals surface area contributed by atoms with Crippen molar-refractivity contribution in [2.24, 2.45) is 17.8 Å². The van der Waals surface area contributed by atoms with Crippen molar-refractivity contribution in [2.45, 2.75) is 83.3 Å². The number of carboxylic acids is 1. The van der Waals surface area contributed by atoms with Crippen LogP contribution in [0, 0.1) is 17.8 Å². The minimum absolute atomic E-state index is 0.0305. The second-order valence-electron chi connectivity index (χ2n) is 11.0. The number of unbranched alkanes of at least 4 members (excludes halogenated alkanes) is 2. The number of halogens is 3. The van der Waals surface area contributed by atoms with Gasteiger partial charge >= 0.3 is 18.3 Å². The molecular weight excluding hydrogens is 541 g/mol. The largest absolute Gasteiger partial charge is 0.573 e. The number of hydrogen-bond acceptors (Lipinski definition) is 6. The topological polar surface area (TPSA) is 102 Å². The number of hydrogen-bond donors (Lipinski definition) is 2. The Morgan fingerprint density at radius 1 is 1.05 bits per heavy atom. The van der Waals surface area contributed by atoms with Crippen molar-refractivity contribution >= 4 is 11.9 Å². The maximum atomic E-state index is 12.9. The van der Waals surface area contributed by atoms with Gasteiger partial charge in [0.2, 0.25) is 0 Å². The minimum Gasteiger partial charge on any atom is -0.482 e. The molecule has 224 valence electrons. The third-order valence-electron chi connectivity index (χ3n) is 8.25. The molecule has 5 atom stereocenters. The first kappa shape index (κ1) is 30.7. The van der Waals surface area contributed by atoms with Crippen molar-refractivity contribution in [3.05, 3.63) is 59.2 Å². The number of carbonyl (C=O) groups is 2. The molecule has 2 N–H and O–H groups in total. The Kier molecular flexibility index (Phi) is 10.2. The lowest BCUT2D eigenvalue weighted by Crippen LogP contribution is -2.29. The van der Waals surface area contributed by atoms with E-state index < -0.39 is 36.8 Å². The SMILES string of the molecule is CCCCC[C@@H](CC[C@@H]1[C@H]2Cc3cccc(OCC(=O)O)c3C[C@H]2C[C@H]1O)OC(=O)c1ccc(OC(F)(F)F)cc1. The second kappa shape index (κ2) is 13.6. The Morgan fingerprint density at radius 2 is 1.80 bits per heavy atom. The zero-order valence-corrected chi connectivity index (χ0v) is 23.1. The Bertz CT molecular complexity index is 1180. The van der Waals surface area contributed by atoms with Crippen LogP contribution in [-0.4, -0.2) is 47.3 Å². The number of carboxylic acid groups (broad SMARTS) is 1. The number of ether oxygens (including phenoxy) is 3. The molecule has 10 heteroatoms. The lowest BCUT2D eigenvalue weighted by molar-refractivity contribution is -0.274. The number of benzene rings is 2. The monoisotopic (exact) mass is 578 g/mol. The van der Waals surface area contributed by atoms with Crippen LogP contribution in [0.25, 0.3) is 0 Å². The van der Waals surface area contributed by atoms with Crippen LogP contribution in [0.4, 0.5) is 13.2 Å². The molecule has 1 saturated carbocycles. The summed E-state index contributed by atoms with van der Waals surface area (Å²) in [6.07, 6.45) is 1.22. The van der Waals surface area contributed by atoms with Gasteiger partial charge in [-0.05, 0) is 104 Å². The van der Waals surface area contributed by atoms with Crippen molar-refractivity contribution in [3.8, 4) is 11.5 Å². The van der Waals surface area contributed by atoms with Crippen molar-refractivity contribution in [1.82, 2.24) is 0 Å². The van der Waals surface area contributed by atoms with E-state index in [-0.39, 0.29) is 29.4 Å². The summed E-state index contributed by atoms with van der Waals surface area (Å²) in [5.41, 5.74) is 2.27. The highest BCUT2D eigenvalue weighted by Crippen LogP contribution is 2.48. The van der Waals surface area contributed by atoms with Crippen LogP contribution in [0.3, 0.4) is 0 Å². The smallest absolute Gasteiger partial charge is 0.482 e. The molecule has 0 aromatic heterocycles. The molecular formula is C31H37F3O7.